The Bertz CT molecular complexity index is 170. The smallest absolute Gasteiger partial charge is 0.165 e. The SMILES string of the molecule is OCC1OC=C(F)C(O)C1O. The first-order chi connectivity index (χ1) is 5.16. The number of hydrogen-bond acceptors (Lipinski definition) is 4. The van der Waals surface area contributed by atoms with Gasteiger partial charge < -0.3 is 20.1 Å². The minimum absolute atomic E-state index is 0.456. The fourth-order valence-corrected chi connectivity index (χ4v) is 0.820. The normalized spacial score (nSPS) is 37.8. The Balaban J connectivity index is 2.68. The van der Waals surface area contributed by atoms with Crippen LogP contribution in [-0.2, 0) is 4.74 Å². The second kappa shape index (κ2) is 3.17. The van der Waals surface area contributed by atoms with Crippen LogP contribution >= 0.6 is 0 Å². The molecule has 0 aromatic carbocycles. The van der Waals surface area contributed by atoms with E-state index in [1.165, 1.54) is 0 Å². The molecule has 0 saturated carbocycles. The monoisotopic (exact) mass is 164 g/mol. The average Bonchev–Trinajstić information content (AvgIpc) is 2.01. The van der Waals surface area contributed by atoms with Crippen LogP contribution in [0.2, 0.25) is 0 Å². The van der Waals surface area contributed by atoms with Crippen molar-refractivity contribution in [2.75, 3.05) is 6.61 Å². The van der Waals surface area contributed by atoms with E-state index in [2.05, 4.69) is 4.74 Å². The third-order valence-electron chi connectivity index (χ3n) is 1.52. The average molecular weight is 164 g/mol. The van der Waals surface area contributed by atoms with Crippen LogP contribution in [0.15, 0.2) is 12.1 Å². The van der Waals surface area contributed by atoms with Crippen molar-refractivity contribution in [2.24, 2.45) is 0 Å². The van der Waals surface area contributed by atoms with Crippen LogP contribution < -0.4 is 0 Å². The summed E-state index contributed by atoms with van der Waals surface area (Å²) in [4.78, 5) is 0. The summed E-state index contributed by atoms with van der Waals surface area (Å²) in [5.41, 5.74) is 0. The van der Waals surface area contributed by atoms with Gasteiger partial charge in [0.15, 0.2) is 5.83 Å². The summed E-state index contributed by atoms with van der Waals surface area (Å²) in [5.74, 6) is -0.929. The summed E-state index contributed by atoms with van der Waals surface area (Å²) in [7, 11) is 0. The van der Waals surface area contributed by atoms with E-state index in [1.54, 1.807) is 0 Å². The second-order valence-electron chi connectivity index (χ2n) is 2.30. The second-order valence-corrected chi connectivity index (χ2v) is 2.30. The van der Waals surface area contributed by atoms with E-state index in [1.807, 2.05) is 0 Å². The zero-order chi connectivity index (χ0) is 8.43. The van der Waals surface area contributed by atoms with E-state index in [0.29, 0.717) is 6.26 Å². The van der Waals surface area contributed by atoms with Gasteiger partial charge in [-0.3, -0.25) is 0 Å². The van der Waals surface area contributed by atoms with Crippen molar-refractivity contribution >= 4 is 0 Å². The lowest BCUT2D eigenvalue weighted by atomic mass is 10.1. The van der Waals surface area contributed by atoms with Gasteiger partial charge in [0.25, 0.3) is 0 Å². The van der Waals surface area contributed by atoms with Crippen molar-refractivity contribution in [2.45, 2.75) is 18.3 Å². The molecule has 11 heavy (non-hydrogen) atoms. The zero-order valence-electron chi connectivity index (χ0n) is 5.64. The van der Waals surface area contributed by atoms with Crippen molar-refractivity contribution in [1.29, 1.82) is 0 Å². The largest absolute Gasteiger partial charge is 0.490 e. The molecule has 3 unspecified atom stereocenters. The maximum Gasteiger partial charge on any atom is 0.165 e. The first kappa shape index (κ1) is 8.45. The highest BCUT2D eigenvalue weighted by atomic mass is 19.1. The first-order valence-electron chi connectivity index (χ1n) is 3.15. The van der Waals surface area contributed by atoms with Crippen LogP contribution in [0.4, 0.5) is 4.39 Å². The standard InChI is InChI=1S/C6H9FO4/c7-3-2-11-4(1-8)6(10)5(3)9/h2,4-6,8-10H,1H2. The number of rotatable bonds is 1. The summed E-state index contributed by atoms with van der Waals surface area (Å²) in [6, 6.07) is 0. The lowest BCUT2D eigenvalue weighted by molar-refractivity contribution is -0.0945. The highest BCUT2D eigenvalue weighted by Crippen LogP contribution is 2.19. The van der Waals surface area contributed by atoms with Crippen LogP contribution in [0.1, 0.15) is 0 Å². The predicted octanol–water partition coefficient (Wildman–Crippen LogP) is -1.09. The summed E-state index contributed by atoms with van der Waals surface area (Å²) >= 11 is 0. The number of hydrogen-bond donors (Lipinski definition) is 3. The maximum absolute atomic E-state index is 12.4. The molecule has 1 aliphatic heterocycles. The maximum atomic E-state index is 12.4. The Morgan fingerprint density at radius 3 is 2.73 bits per heavy atom. The van der Waals surface area contributed by atoms with Gasteiger partial charge in [-0.1, -0.05) is 0 Å². The number of ether oxygens (including phenoxy) is 1. The van der Waals surface area contributed by atoms with Gasteiger partial charge >= 0.3 is 0 Å². The quantitative estimate of drug-likeness (QED) is 0.460. The van der Waals surface area contributed by atoms with Gasteiger partial charge in [0.1, 0.15) is 24.6 Å². The molecule has 4 nitrogen and oxygen atoms in total. The molecule has 1 rings (SSSR count). The molecule has 1 heterocycles. The first-order valence-corrected chi connectivity index (χ1v) is 3.15. The van der Waals surface area contributed by atoms with Gasteiger partial charge in [0, 0.05) is 0 Å². The summed E-state index contributed by atoms with van der Waals surface area (Å²) in [5, 5.41) is 26.4. The Hall–Kier alpha value is -0.650. The number of aliphatic hydroxyl groups is 3. The lowest BCUT2D eigenvalue weighted by Crippen LogP contribution is -2.43. The molecule has 0 saturated heterocycles. The molecule has 0 aliphatic carbocycles. The van der Waals surface area contributed by atoms with Crippen LogP contribution in [0, 0.1) is 0 Å². The molecule has 3 atom stereocenters. The summed E-state index contributed by atoms with van der Waals surface area (Å²) in [6.07, 6.45) is -3.23. The molecular formula is C6H9FO4. The Morgan fingerprint density at radius 2 is 2.18 bits per heavy atom. The fraction of sp³-hybridized carbons (Fsp3) is 0.667. The van der Waals surface area contributed by atoms with E-state index >= 15 is 0 Å². The fourth-order valence-electron chi connectivity index (χ4n) is 0.820. The highest BCUT2D eigenvalue weighted by molar-refractivity contribution is 5.03. The number of aliphatic hydroxyl groups excluding tert-OH is 3. The van der Waals surface area contributed by atoms with Gasteiger partial charge in [-0.25, -0.2) is 4.39 Å². The molecular weight excluding hydrogens is 155 g/mol. The van der Waals surface area contributed by atoms with Crippen LogP contribution in [-0.4, -0.2) is 40.2 Å². The molecule has 0 spiro atoms. The summed E-state index contributed by atoms with van der Waals surface area (Å²) < 4.78 is 16.9. The third kappa shape index (κ3) is 1.50. The Labute approximate surface area is 62.5 Å². The predicted molar refractivity (Wildman–Crippen MR) is 33.2 cm³/mol. The minimum atomic E-state index is -1.58. The summed E-state index contributed by atoms with van der Waals surface area (Å²) in [6.45, 7) is -0.456. The van der Waals surface area contributed by atoms with Gasteiger partial charge in [0.2, 0.25) is 0 Å². The Kier molecular flexibility index (Phi) is 2.43. The highest BCUT2D eigenvalue weighted by Gasteiger charge is 2.33. The molecule has 64 valence electrons. The van der Waals surface area contributed by atoms with Crippen LogP contribution in [0.25, 0.3) is 0 Å². The van der Waals surface area contributed by atoms with Crippen molar-refractivity contribution in [3.63, 3.8) is 0 Å². The van der Waals surface area contributed by atoms with Gasteiger partial charge in [-0.05, 0) is 0 Å². The van der Waals surface area contributed by atoms with Crippen LogP contribution in [0.5, 0.6) is 0 Å². The zero-order valence-corrected chi connectivity index (χ0v) is 5.64. The molecule has 0 aromatic heterocycles. The molecule has 0 amide bonds. The molecule has 3 N–H and O–H groups in total. The van der Waals surface area contributed by atoms with E-state index in [0.717, 1.165) is 0 Å². The third-order valence-corrected chi connectivity index (χ3v) is 1.52. The Morgan fingerprint density at radius 1 is 1.55 bits per heavy atom. The van der Waals surface area contributed by atoms with Gasteiger partial charge in [-0.2, -0.15) is 0 Å². The van der Waals surface area contributed by atoms with Crippen molar-refractivity contribution in [3.8, 4) is 0 Å². The van der Waals surface area contributed by atoms with E-state index < -0.39 is 30.7 Å². The molecule has 5 heteroatoms. The molecule has 0 bridgehead atoms. The van der Waals surface area contributed by atoms with E-state index in [4.69, 9.17) is 15.3 Å². The van der Waals surface area contributed by atoms with E-state index in [9.17, 15) is 4.39 Å². The molecule has 0 fully saturated rings. The van der Waals surface area contributed by atoms with Crippen molar-refractivity contribution in [3.05, 3.63) is 12.1 Å². The van der Waals surface area contributed by atoms with Crippen LogP contribution in [0.3, 0.4) is 0 Å². The van der Waals surface area contributed by atoms with Crippen molar-refractivity contribution < 1.29 is 24.4 Å². The van der Waals surface area contributed by atoms with Gasteiger partial charge in [-0.15, -0.1) is 0 Å². The molecule has 0 aromatic rings. The topological polar surface area (TPSA) is 69.9 Å². The van der Waals surface area contributed by atoms with Gasteiger partial charge in [0.05, 0.1) is 6.61 Å². The minimum Gasteiger partial charge on any atom is -0.490 e. The number of halogens is 1. The van der Waals surface area contributed by atoms with Crippen molar-refractivity contribution in [1.82, 2.24) is 0 Å². The molecule has 0 radical (unpaired) electrons. The van der Waals surface area contributed by atoms with E-state index in [-0.39, 0.29) is 0 Å². The lowest BCUT2D eigenvalue weighted by Gasteiger charge is -2.27. The molecule has 1 aliphatic rings.